The lowest BCUT2D eigenvalue weighted by Gasteiger charge is -2.37. The summed E-state index contributed by atoms with van der Waals surface area (Å²) in [4.78, 5) is 31.5. The molecular formula is C26H29F4N3O4. The number of carbonyl (C=O) groups excluding carboxylic acids is 2. The number of nitrogens with zero attached hydrogens (tertiary/aromatic N) is 3. The first-order chi connectivity index (χ1) is 17.7. The summed E-state index contributed by atoms with van der Waals surface area (Å²) in [5.74, 6) is -1.26. The molecule has 2 aromatic rings. The van der Waals surface area contributed by atoms with Crippen LogP contribution in [0.4, 0.5) is 17.6 Å². The predicted molar refractivity (Wildman–Crippen MR) is 127 cm³/mol. The van der Waals surface area contributed by atoms with Gasteiger partial charge in [-0.15, -0.1) is 0 Å². The number of carbonyl (C=O) groups is 2. The smallest absolute Gasteiger partial charge is 0.379 e. The Labute approximate surface area is 212 Å². The van der Waals surface area contributed by atoms with E-state index >= 15 is 0 Å². The molecule has 4 rings (SSSR count). The lowest BCUT2D eigenvalue weighted by Crippen LogP contribution is -2.52. The average Bonchev–Trinajstić information content (AvgIpc) is 2.90. The number of ether oxygens (including phenoxy) is 2. The van der Waals surface area contributed by atoms with E-state index in [-0.39, 0.29) is 43.3 Å². The second-order valence-electron chi connectivity index (χ2n) is 9.03. The highest BCUT2D eigenvalue weighted by atomic mass is 19.4. The average molecular weight is 524 g/mol. The van der Waals surface area contributed by atoms with Gasteiger partial charge in [0.2, 0.25) is 0 Å². The molecule has 2 heterocycles. The number of rotatable bonds is 7. The molecule has 0 radical (unpaired) electrons. The molecule has 1 unspecified atom stereocenters. The largest absolute Gasteiger partial charge is 0.416 e. The van der Waals surface area contributed by atoms with Gasteiger partial charge in [-0.3, -0.25) is 14.5 Å². The molecule has 0 aromatic heterocycles. The standard InChI is InChI=1S/C26H29F4N3O4/c27-22-3-1-2-20(16-22)25(35)32(9-8-31-10-13-36-14-11-31)17-23-18-33(12-15-37-23)24(34)19-4-6-21(7-5-19)26(28,29)30/h1-7,16,23H,8-15,17-18H2. The first-order valence-corrected chi connectivity index (χ1v) is 12.1. The molecule has 0 saturated carbocycles. The van der Waals surface area contributed by atoms with Crippen LogP contribution in [0.3, 0.4) is 0 Å². The highest BCUT2D eigenvalue weighted by Crippen LogP contribution is 2.29. The molecule has 2 fully saturated rings. The minimum atomic E-state index is -4.48. The van der Waals surface area contributed by atoms with Crippen LogP contribution in [0.2, 0.25) is 0 Å². The molecule has 2 amide bonds. The number of hydrogen-bond donors (Lipinski definition) is 0. The van der Waals surface area contributed by atoms with Crippen molar-refractivity contribution in [2.24, 2.45) is 0 Å². The molecule has 1 atom stereocenters. The third-order valence-electron chi connectivity index (χ3n) is 6.46. The molecular weight excluding hydrogens is 494 g/mol. The Kier molecular flexibility index (Phi) is 8.78. The second kappa shape index (κ2) is 12.0. The van der Waals surface area contributed by atoms with Crippen molar-refractivity contribution in [3.8, 4) is 0 Å². The van der Waals surface area contributed by atoms with E-state index in [0.717, 1.165) is 37.4 Å². The molecule has 0 N–H and O–H groups in total. The van der Waals surface area contributed by atoms with Gasteiger partial charge >= 0.3 is 6.18 Å². The minimum Gasteiger partial charge on any atom is -0.379 e. The summed E-state index contributed by atoms with van der Waals surface area (Å²) in [6.45, 7) is 4.56. The first-order valence-electron chi connectivity index (χ1n) is 12.1. The highest BCUT2D eigenvalue weighted by Gasteiger charge is 2.32. The summed E-state index contributed by atoms with van der Waals surface area (Å²) in [7, 11) is 0. The number of halogens is 4. The Balaban J connectivity index is 1.43. The Bertz CT molecular complexity index is 1070. The summed E-state index contributed by atoms with van der Waals surface area (Å²) < 4.78 is 63.6. The van der Waals surface area contributed by atoms with Crippen LogP contribution in [-0.4, -0.2) is 98.3 Å². The lowest BCUT2D eigenvalue weighted by atomic mass is 10.1. The Morgan fingerprint density at radius 3 is 2.38 bits per heavy atom. The van der Waals surface area contributed by atoms with E-state index in [1.807, 2.05) is 0 Å². The van der Waals surface area contributed by atoms with Gasteiger partial charge in [0.05, 0.1) is 31.5 Å². The fourth-order valence-corrected chi connectivity index (χ4v) is 4.41. The predicted octanol–water partition coefficient (Wildman–Crippen LogP) is 3.16. The molecule has 2 aliphatic rings. The fraction of sp³-hybridized carbons (Fsp3) is 0.462. The monoisotopic (exact) mass is 523 g/mol. The van der Waals surface area contributed by atoms with Crippen molar-refractivity contribution in [2.45, 2.75) is 12.3 Å². The van der Waals surface area contributed by atoms with Crippen LogP contribution >= 0.6 is 0 Å². The summed E-state index contributed by atoms with van der Waals surface area (Å²) in [6.07, 6.45) is -4.99. The Hall–Kier alpha value is -3.02. The number of alkyl halides is 3. The van der Waals surface area contributed by atoms with Gasteiger partial charge in [0.1, 0.15) is 5.82 Å². The maximum atomic E-state index is 13.8. The van der Waals surface area contributed by atoms with Gasteiger partial charge in [0, 0.05) is 56.9 Å². The molecule has 37 heavy (non-hydrogen) atoms. The first kappa shape index (κ1) is 27.0. The van der Waals surface area contributed by atoms with Crippen molar-refractivity contribution in [3.63, 3.8) is 0 Å². The van der Waals surface area contributed by atoms with Crippen LogP contribution < -0.4 is 0 Å². The topological polar surface area (TPSA) is 62.3 Å². The van der Waals surface area contributed by atoms with Crippen LogP contribution in [0.1, 0.15) is 26.3 Å². The molecule has 2 aromatic carbocycles. The SMILES string of the molecule is O=C(c1ccc(C(F)(F)F)cc1)N1CCOC(CN(CCN2CCOCC2)C(=O)c2cccc(F)c2)C1. The van der Waals surface area contributed by atoms with Crippen molar-refractivity contribution >= 4 is 11.8 Å². The maximum Gasteiger partial charge on any atom is 0.416 e. The van der Waals surface area contributed by atoms with Gasteiger partial charge in [-0.05, 0) is 42.5 Å². The third-order valence-corrected chi connectivity index (χ3v) is 6.46. The van der Waals surface area contributed by atoms with E-state index in [4.69, 9.17) is 9.47 Å². The van der Waals surface area contributed by atoms with E-state index in [0.29, 0.717) is 26.3 Å². The third kappa shape index (κ3) is 7.27. The number of morpholine rings is 2. The summed E-state index contributed by atoms with van der Waals surface area (Å²) in [5, 5.41) is 0. The fourth-order valence-electron chi connectivity index (χ4n) is 4.41. The lowest BCUT2D eigenvalue weighted by molar-refractivity contribution is -0.137. The van der Waals surface area contributed by atoms with Crippen molar-refractivity contribution in [1.29, 1.82) is 0 Å². The summed E-state index contributed by atoms with van der Waals surface area (Å²) in [6, 6.07) is 9.58. The second-order valence-corrected chi connectivity index (χ2v) is 9.03. The van der Waals surface area contributed by atoms with Gasteiger partial charge < -0.3 is 19.3 Å². The van der Waals surface area contributed by atoms with Crippen LogP contribution in [0, 0.1) is 5.82 Å². The van der Waals surface area contributed by atoms with Crippen molar-refractivity contribution in [1.82, 2.24) is 14.7 Å². The van der Waals surface area contributed by atoms with Gasteiger partial charge in [-0.1, -0.05) is 6.07 Å². The van der Waals surface area contributed by atoms with Crippen molar-refractivity contribution in [2.75, 3.05) is 65.6 Å². The highest BCUT2D eigenvalue weighted by molar-refractivity contribution is 5.95. The molecule has 2 aliphatic heterocycles. The molecule has 0 bridgehead atoms. The van der Waals surface area contributed by atoms with Crippen LogP contribution in [0.15, 0.2) is 48.5 Å². The number of amides is 2. The zero-order chi connectivity index (χ0) is 26.4. The van der Waals surface area contributed by atoms with E-state index in [1.54, 1.807) is 11.0 Å². The number of benzene rings is 2. The minimum absolute atomic E-state index is 0.147. The zero-order valence-corrected chi connectivity index (χ0v) is 20.3. The molecule has 0 spiro atoms. The van der Waals surface area contributed by atoms with E-state index in [9.17, 15) is 27.2 Å². The number of hydrogen-bond acceptors (Lipinski definition) is 5. The van der Waals surface area contributed by atoms with Gasteiger partial charge in [-0.25, -0.2) is 4.39 Å². The van der Waals surface area contributed by atoms with Crippen molar-refractivity contribution < 1.29 is 36.6 Å². The maximum absolute atomic E-state index is 13.8. The van der Waals surface area contributed by atoms with Gasteiger partial charge in [0.25, 0.3) is 11.8 Å². The molecule has 2 saturated heterocycles. The van der Waals surface area contributed by atoms with E-state index < -0.39 is 29.6 Å². The van der Waals surface area contributed by atoms with Crippen molar-refractivity contribution in [3.05, 3.63) is 71.0 Å². The van der Waals surface area contributed by atoms with E-state index in [2.05, 4.69) is 4.90 Å². The Morgan fingerprint density at radius 1 is 0.973 bits per heavy atom. The van der Waals surface area contributed by atoms with Gasteiger partial charge in [0.15, 0.2) is 0 Å². The molecule has 11 heteroatoms. The normalized spacial score (nSPS) is 19.0. The van der Waals surface area contributed by atoms with Crippen LogP contribution in [0.25, 0.3) is 0 Å². The zero-order valence-electron chi connectivity index (χ0n) is 20.3. The molecule has 200 valence electrons. The summed E-state index contributed by atoms with van der Waals surface area (Å²) in [5.41, 5.74) is -0.459. The van der Waals surface area contributed by atoms with E-state index in [1.165, 1.54) is 23.1 Å². The van der Waals surface area contributed by atoms with Crippen LogP contribution in [0.5, 0.6) is 0 Å². The molecule has 7 nitrogen and oxygen atoms in total. The molecule has 0 aliphatic carbocycles. The quantitative estimate of drug-likeness (QED) is 0.522. The van der Waals surface area contributed by atoms with Crippen LogP contribution in [-0.2, 0) is 15.7 Å². The summed E-state index contributed by atoms with van der Waals surface area (Å²) >= 11 is 0. The van der Waals surface area contributed by atoms with Gasteiger partial charge in [-0.2, -0.15) is 13.2 Å². The Morgan fingerprint density at radius 2 is 1.70 bits per heavy atom.